The Morgan fingerprint density at radius 2 is 1.85 bits per heavy atom. The van der Waals surface area contributed by atoms with Gasteiger partial charge in [-0.2, -0.15) is 5.10 Å². The number of pyridine rings is 1. The van der Waals surface area contributed by atoms with Gasteiger partial charge in [-0.05, 0) is 45.8 Å². The van der Waals surface area contributed by atoms with Crippen molar-refractivity contribution in [2.75, 3.05) is 10.6 Å². The van der Waals surface area contributed by atoms with Gasteiger partial charge in [-0.15, -0.1) is 0 Å². The molecule has 0 radical (unpaired) electrons. The number of nitrogens with one attached hydrogen (secondary N) is 2. The fourth-order valence-electron chi connectivity index (χ4n) is 2.24. The molecule has 0 saturated heterocycles. The summed E-state index contributed by atoms with van der Waals surface area (Å²) in [5.74, 6) is -0.187. The molecular weight excluding hydrogens is 398 g/mol. The lowest BCUT2D eigenvalue weighted by Crippen LogP contribution is -2.21. The van der Waals surface area contributed by atoms with Crippen molar-refractivity contribution in [2.45, 2.75) is 6.54 Å². The predicted octanol–water partition coefficient (Wildman–Crippen LogP) is 2.80. The number of halogens is 1. The van der Waals surface area contributed by atoms with E-state index in [0.717, 1.165) is 5.56 Å². The maximum absolute atomic E-state index is 12.1. The Morgan fingerprint density at radius 3 is 2.54 bits per heavy atom. The number of carbonyl (C=O) groups excluding carboxylic acids is 1. The molecule has 1 amide bonds. The monoisotopic (exact) mass is 413 g/mol. The van der Waals surface area contributed by atoms with E-state index in [2.05, 4.69) is 36.6 Å². The molecule has 2 aromatic heterocycles. The number of aryl methyl sites for hydroxylation is 1. The first kappa shape index (κ1) is 17.8. The van der Waals surface area contributed by atoms with Crippen LogP contribution in [0.2, 0.25) is 0 Å². The average molecular weight is 414 g/mol. The van der Waals surface area contributed by atoms with Gasteiger partial charge in [-0.25, -0.2) is 4.68 Å². The summed E-state index contributed by atoms with van der Waals surface area (Å²) < 4.78 is 1.70. The second-order valence-electron chi connectivity index (χ2n) is 5.54. The maximum atomic E-state index is 12.1. The second kappa shape index (κ2) is 7.92. The molecule has 0 aliphatic rings. The smallest absolute Gasteiger partial charge is 0.282 e. The van der Waals surface area contributed by atoms with Gasteiger partial charge in [0.2, 0.25) is 0 Å². The first-order valence-electron chi connectivity index (χ1n) is 7.80. The van der Waals surface area contributed by atoms with E-state index in [4.69, 9.17) is 0 Å². The van der Waals surface area contributed by atoms with Crippen molar-refractivity contribution in [2.24, 2.45) is 7.05 Å². The van der Waals surface area contributed by atoms with E-state index in [1.165, 1.54) is 4.68 Å². The van der Waals surface area contributed by atoms with Crippen LogP contribution in [-0.2, 0) is 13.6 Å². The van der Waals surface area contributed by atoms with Gasteiger partial charge in [0.15, 0.2) is 0 Å². The molecule has 0 aliphatic carbocycles. The summed E-state index contributed by atoms with van der Waals surface area (Å²) in [6.45, 7) is 0.520. The number of benzene rings is 1. The molecule has 1 aromatic carbocycles. The molecule has 0 fully saturated rings. The minimum atomic E-state index is -0.204. The normalized spacial score (nSPS) is 10.4. The van der Waals surface area contributed by atoms with E-state index >= 15 is 0 Å². The molecule has 2 heterocycles. The Balaban J connectivity index is 1.62. The number of hydrogen-bond donors (Lipinski definition) is 2. The minimum absolute atomic E-state index is 0.187. The lowest BCUT2D eigenvalue weighted by atomic mass is 10.2. The highest BCUT2D eigenvalue weighted by Gasteiger charge is 2.07. The third-order valence-corrected chi connectivity index (χ3v) is 4.48. The highest BCUT2D eigenvalue weighted by atomic mass is 79.9. The summed E-state index contributed by atoms with van der Waals surface area (Å²) in [5.41, 5.74) is 2.67. The van der Waals surface area contributed by atoms with Crippen molar-refractivity contribution in [3.05, 3.63) is 80.9 Å². The summed E-state index contributed by atoms with van der Waals surface area (Å²) in [4.78, 5) is 27.8. The first-order chi connectivity index (χ1) is 12.5. The molecule has 7 nitrogen and oxygen atoms in total. The molecule has 0 aliphatic heterocycles. The van der Waals surface area contributed by atoms with Crippen LogP contribution in [-0.4, -0.2) is 20.7 Å². The van der Waals surface area contributed by atoms with Crippen molar-refractivity contribution in [3.63, 3.8) is 0 Å². The van der Waals surface area contributed by atoms with Crippen LogP contribution < -0.4 is 16.2 Å². The first-order valence-corrected chi connectivity index (χ1v) is 8.60. The topological polar surface area (TPSA) is 88.9 Å². The van der Waals surface area contributed by atoms with Gasteiger partial charge in [0.05, 0.1) is 11.9 Å². The highest BCUT2D eigenvalue weighted by Crippen LogP contribution is 2.18. The maximum Gasteiger partial charge on any atom is 0.282 e. The van der Waals surface area contributed by atoms with Crippen molar-refractivity contribution in [1.29, 1.82) is 0 Å². The van der Waals surface area contributed by atoms with E-state index in [1.807, 2.05) is 24.3 Å². The number of hydrogen-bond acceptors (Lipinski definition) is 5. The van der Waals surface area contributed by atoms with Gasteiger partial charge < -0.3 is 10.6 Å². The Kier molecular flexibility index (Phi) is 5.43. The summed E-state index contributed by atoms with van der Waals surface area (Å²) in [6.07, 6.45) is 4.75. The minimum Gasteiger partial charge on any atom is -0.379 e. The molecule has 132 valence electrons. The average Bonchev–Trinajstić information content (AvgIpc) is 2.67. The van der Waals surface area contributed by atoms with Gasteiger partial charge in [0.1, 0.15) is 4.47 Å². The molecule has 0 saturated carbocycles. The molecule has 26 heavy (non-hydrogen) atoms. The number of rotatable bonds is 5. The number of amides is 1. The van der Waals surface area contributed by atoms with Gasteiger partial charge in [0, 0.05) is 37.2 Å². The van der Waals surface area contributed by atoms with Crippen LogP contribution in [0, 0.1) is 0 Å². The molecule has 0 atom stereocenters. The molecule has 8 heteroatoms. The van der Waals surface area contributed by atoms with Gasteiger partial charge >= 0.3 is 0 Å². The van der Waals surface area contributed by atoms with Crippen molar-refractivity contribution < 1.29 is 4.79 Å². The zero-order valence-electron chi connectivity index (χ0n) is 13.9. The molecule has 3 rings (SSSR count). The van der Waals surface area contributed by atoms with Crippen molar-refractivity contribution >= 4 is 33.2 Å². The molecule has 0 spiro atoms. The Morgan fingerprint density at radius 1 is 1.15 bits per heavy atom. The fourth-order valence-corrected chi connectivity index (χ4v) is 2.74. The Labute approximate surface area is 158 Å². The van der Waals surface area contributed by atoms with Crippen molar-refractivity contribution in [3.8, 4) is 0 Å². The SMILES string of the molecule is Cn1ncc(NCc2ccc(NC(=O)c3ccncc3)cc2)c(Br)c1=O. The summed E-state index contributed by atoms with van der Waals surface area (Å²) in [7, 11) is 1.59. The van der Waals surface area contributed by atoms with Crippen LogP contribution in [0.3, 0.4) is 0 Å². The molecule has 2 N–H and O–H groups in total. The second-order valence-corrected chi connectivity index (χ2v) is 6.33. The molecular formula is C18H16BrN5O2. The molecule has 0 bridgehead atoms. The van der Waals surface area contributed by atoms with Crippen LogP contribution >= 0.6 is 15.9 Å². The predicted molar refractivity (Wildman–Crippen MR) is 103 cm³/mol. The lowest BCUT2D eigenvalue weighted by Gasteiger charge is -2.10. The van der Waals surface area contributed by atoms with Gasteiger partial charge in [-0.1, -0.05) is 12.1 Å². The zero-order valence-corrected chi connectivity index (χ0v) is 15.5. The van der Waals surface area contributed by atoms with Crippen LogP contribution in [0.4, 0.5) is 11.4 Å². The van der Waals surface area contributed by atoms with E-state index in [-0.39, 0.29) is 11.5 Å². The van der Waals surface area contributed by atoms with Crippen LogP contribution in [0.15, 0.2) is 64.3 Å². The highest BCUT2D eigenvalue weighted by molar-refractivity contribution is 9.10. The Bertz CT molecular complexity index is 971. The third-order valence-electron chi connectivity index (χ3n) is 3.72. The largest absolute Gasteiger partial charge is 0.379 e. The fraction of sp³-hybridized carbons (Fsp3) is 0.111. The van der Waals surface area contributed by atoms with Crippen molar-refractivity contribution in [1.82, 2.24) is 14.8 Å². The van der Waals surface area contributed by atoms with Crippen LogP contribution in [0.25, 0.3) is 0 Å². The standard InChI is InChI=1S/C18H16BrN5O2/c1-24-18(26)16(19)15(11-22-24)21-10-12-2-4-14(5-3-12)23-17(25)13-6-8-20-9-7-13/h2-9,11,21H,10H2,1H3,(H,23,25). The van der Waals surface area contributed by atoms with Gasteiger partial charge in [0.25, 0.3) is 11.5 Å². The molecule has 3 aromatic rings. The number of aromatic nitrogens is 3. The summed E-state index contributed by atoms with van der Waals surface area (Å²) >= 11 is 3.28. The Hall–Kier alpha value is -3.00. The summed E-state index contributed by atoms with van der Waals surface area (Å²) in [6, 6.07) is 10.8. The number of carbonyl (C=O) groups is 1. The number of anilines is 2. The van der Waals surface area contributed by atoms with Gasteiger partial charge in [-0.3, -0.25) is 14.6 Å². The number of nitrogens with zero attached hydrogens (tertiary/aromatic N) is 3. The summed E-state index contributed by atoms with van der Waals surface area (Å²) in [5, 5.41) is 9.99. The van der Waals surface area contributed by atoms with E-state index in [0.29, 0.717) is 28.0 Å². The van der Waals surface area contributed by atoms with Crippen LogP contribution in [0.1, 0.15) is 15.9 Å². The van der Waals surface area contributed by atoms with E-state index in [1.54, 1.807) is 37.8 Å². The van der Waals surface area contributed by atoms with E-state index < -0.39 is 0 Å². The quantitative estimate of drug-likeness (QED) is 0.671. The van der Waals surface area contributed by atoms with Crippen LogP contribution in [0.5, 0.6) is 0 Å². The molecule has 0 unspecified atom stereocenters. The van der Waals surface area contributed by atoms with E-state index in [9.17, 15) is 9.59 Å². The third kappa shape index (κ3) is 4.15. The lowest BCUT2D eigenvalue weighted by molar-refractivity contribution is 0.102. The zero-order chi connectivity index (χ0) is 18.5.